The second-order valence-electron chi connectivity index (χ2n) is 8.43. The highest BCUT2D eigenvalue weighted by molar-refractivity contribution is 5.70. The van der Waals surface area contributed by atoms with Crippen molar-refractivity contribution in [3.05, 3.63) is 23.3 Å². The number of amides is 1. The molecule has 23 heavy (non-hydrogen) atoms. The van der Waals surface area contributed by atoms with Crippen LogP contribution in [0.3, 0.4) is 0 Å². The maximum atomic E-state index is 12.3. The van der Waals surface area contributed by atoms with E-state index in [-0.39, 0.29) is 18.7 Å². The molecule has 1 amide bonds. The van der Waals surface area contributed by atoms with Gasteiger partial charge in [-0.05, 0) is 70.3 Å². The van der Waals surface area contributed by atoms with Crippen molar-refractivity contribution >= 4 is 6.09 Å². The monoisotopic (exact) mass is 319 g/mol. The third-order valence-electron chi connectivity index (χ3n) is 5.24. The summed E-state index contributed by atoms with van der Waals surface area (Å²) in [5.41, 5.74) is 2.77. The lowest BCUT2D eigenvalue weighted by atomic mass is 9.86. The summed E-state index contributed by atoms with van der Waals surface area (Å²) in [4.78, 5) is 14.0. The summed E-state index contributed by atoms with van der Waals surface area (Å²) in [5, 5.41) is 9.59. The summed E-state index contributed by atoms with van der Waals surface area (Å²) < 4.78 is 5.46. The van der Waals surface area contributed by atoms with Crippen molar-refractivity contribution in [2.45, 2.75) is 70.9 Å². The lowest BCUT2D eigenvalue weighted by Gasteiger charge is -2.27. The fraction of sp³-hybridized carbons (Fsp3) is 0.737. The molecule has 2 fully saturated rings. The Morgan fingerprint density at radius 2 is 2.17 bits per heavy atom. The third-order valence-corrected chi connectivity index (χ3v) is 5.24. The van der Waals surface area contributed by atoms with Crippen molar-refractivity contribution in [3.8, 4) is 0 Å². The van der Waals surface area contributed by atoms with Gasteiger partial charge in [-0.25, -0.2) is 4.79 Å². The zero-order valence-corrected chi connectivity index (χ0v) is 14.6. The van der Waals surface area contributed by atoms with Crippen LogP contribution in [0.15, 0.2) is 23.3 Å². The number of carbonyl (C=O) groups excluding carboxylic acids is 1. The number of hydrogen-bond acceptors (Lipinski definition) is 3. The van der Waals surface area contributed by atoms with Gasteiger partial charge in [0.1, 0.15) is 5.60 Å². The molecular weight excluding hydrogens is 290 g/mol. The first-order valence-corrected chi connectivity index (χ1v) is 8.79. The minimum absolute atomic E-state index is 0.0151. The van der Waals surface area contributed by atoms with Gasteiger partial charge in [0.05, 0.1) is 12.6 Å². The van der Waals surface area contributed by atoms with E-state index in [4.69, 9.17) is 4.74 Å². The number of aliphatic hydroxyl groups is 1. The van der Waals surface area contributed by atoms with Crippen LogP contribution >= 0.6 is 0 Å². The topological polar surface area (TPSA) is 49.8 Å². The van der Waals surface area contributed by atoms with Crippen molar-refractivity contribution in [2.24, 2.45) is 5.41 Å². The predicted octanol–water partition coefficient (Wildman–Crippen LogP) is 3.81. The van der Waals surface area contributed by atoms with Gasteiger partial charge in [-0.1, -0.05) is 17.7 Å². The molecule has 1 saturated heterocycles. The highest BCUT2D eigenvalue weighted by Crippen LogP contribution is 2.55. The van der Waals surface area contributed by atoms with Crippen LogP contribution in [0, 0.1) is 5.41 Å². The Balaban J connectivity index is 1.65. The van der Waals surface area contributed by atoms with Crippen molar-refractivity contribution in [1.82, 2.24) is 4.90 Å². The lowest BCUT2D eigenvalue weighted by molar-refractivity contribution is 0.0178. The highest BCUT2D eigenvalue weighted by Gasteiger charge is 2.42. The minimum atomic E-state index is -0.506. The van der Waals surface area contributed by atoms with E-state index in [0.29, 0.717) is 12.0 Å². The molecule has 0 aromatic carbocycles. The molecule has 2 aliphatic carbocycles. The molecule has 128 valence electrons. The number of allylic oxidation sites excluding steroid dienone is 3. The highest BCUT2D eigenvalue weighted by atomic mass is 16.6. The van der Waals surface area contributed by atoms with Crippen molar-refractivity contribution in [1.29, 1.82) is 0 Å². The van der Waals surface area contributed by atoms with E-state index in [1.165, 1.54) is 36.8 Å². The molecule has 1 aliphatic heterocycles. The number of nitrogens with zero attached hydrogens (tertiary/aromatic N) is 1. The van der Waals surface area contributed by atoms with Gasteiger partial charge in [0, 0.05) is 6.54 Å². The first kappa shape index (κ1) is 16.6. The van der Waals surface area contributed by atoms with Gasteiger partial charge in [0.15, 0.2) is 0 Å². The molecule has 3 rings (SSSR count). The van der Waals surface area contributed by atoms with Gasteiger partial charge in [-0.15, -0.1) is 0 Å². The van der Waals surface area contributed by atoms with Gasteiger partial charge in [0.2, 0.25) is 0 Å². The molecule has 4 nitrogen and oxygen atoms in total. The quantitative estimate of drug-likeness (QED) is 0.842. The summed E-state index contributed by atoms with van der Waals surface area (Å²) in [6, 6.07) is -0.157. The summed E-state index contributed by atoms with van der Waals surface area (Å²) in [5.74, 6) is 0. The van der Waals surface area contributed by atoms with E-state index in [9.17, 15) is 9.90 Å². The van der Waals surface area contributed by atoms with Crippen LogP contribution in [0.2, 0.25) is 0 Å². The van der Waals surface area contributed by atoms with Crippen LogP contribution in [0.1, 0.15) is 59.3 Å². The Morgan fingerprint density at radius 3 is 2.70 bits per heavy atom. The molecule has 0 radical (unpaired) electrons. The molecular formula is C19H29NO3. The maximum Gasteiger partial charge on any atom is 0.410 e. The molecule has 3 aliphatic rings. The second-order valence-corrected chi connectivity index (χ2v) is 8.43. The van der Waals surface area contributed by atoms with Gasteiger partial charge < -0.3 is 9.84 Å². The number of hydrogen-bond donors (Lipinski definition) is 1. The van der Waals surface area contributed by atoms with Crippen LogP contribution in [0.5, 0.6) is 0 Å². The van der Waals surface area contributed by atoms with Crippen LogP contribution in [0.25, 0.3) is 0 Å². The van der Waals surface area contributed by atoms with E-state index >= 15 is 0 Å². The molecule has 1 atom stereocenters. The van der Waals surface area contributed by atoms with Crippen LogP contribution in [-0.2, 0) is 4.74 Å². The van der Waals surface area contributed by atoms with Gasteiger partial charge in [-0.2, -0.15) is 0 Å². The Labute approximate surface area is 139 Å². The summed E-state index contributed by atoms with van der Waals surface area (Å²) >= 11 is 0. The molecule has 1 heterocycles. The van der Waals surface area contributed by atoms with Crippen molar-refractivity contribution < 1.29 is 14.6 Å². The van der Waals surface area contributed by atoms with Crippen molar-refractivity contribution in [3.63, 3.8) is 0 Å². The average molecular weight is 319 g/mol. The average Bonchev–Trinajstić information content (AvgIpc) is 3.09. The Kier molecular flexibility index (Phi) is 4.30. The Hall–Kier alpha value is -1.29. The van der Waals surface area contributed by atoms with Crippen LogP contribution < -0.4 is 0 Å². The Bertz CT molecular complexity index is 537. The van der Waals surface area contributed by atoms with Gasteiger partial charge in [-0.3, -0.25) is 4.90 Å². The predicted molar refractivity (Wildman–Crippen MR) is 90.1 cm³/mol. The first-order valence-electron chi connectivity index (χ1n) is 8.79. The Morgan fingerprint density at radius 1 is 1.43 bits per heavy atom. The van der Waals surface area contributed by atoms with E-state index in [2.05, 4.69) is 12.2 Å². The lowest BCUT2D eigenvalue weighted by Crippen LogP contribution is -2.41. The zero-order chi connectivity index (χ0) is 16.7. The standard InChI is InChI=1S/C19H29NO3/c1-18(2,3)23-17(22)20-12-15(11-16(20)13-21)10-14-4-6-19(7-5-14)8-9-19/h4,10,16,21H,5-9,11-13H2,1-3H3/b15-10+/t16-/m0/s1. The van der Waals surface area contributed by atoms with E-state index < -0.39 is 5.60 Å². The summed E-state index contributed by atoms with van der Waals surface area (Å²) in [7, 11) is 0. The van der Waals surface area contributed by atoms with Gasteiger partial charge in [0.25, 0.3) is 0 Å². The summed E-state index contributed by atoms with van der Waals surface area (Å²) in [6.45, 7) is 6.16. The van der Waals surface area contributed by atoms with Crippen molar-refractivity contribution in [2.75, 3.05) is 13.2 Å². The normalized spacial score (nSPS) is 28.2. The van der Waals surface area contributed by atoms with Crippen LogP contribution in [0.4, 0.5) is 4.79 Å². The summed E-state index contributed by atoms with van der Waals surface area (Å²) in [6.07, 6.45) is 11.5. The van der Waals surface area contributed by atoms with Gasteiger partial charge >= 0.3 is 6.09 Å². The zero-order valence-electron chi connectivity index (χ0n) is 14.6. The molecule has 0 bridgehead atoms. The molecule has 1 N–H and O–H groups in total. The number of likely N-dealkylation sites (tertiary alicyclic amines) is 1. The molecule has 0 unspecified atom stereocenters. The minimum Gasteiger partial charge on any atom is -0.444 e. The molecule has 1 saturated carbocycles. The number of carbonyl (C=O) groups is 1. The molecule has 4 heteroatoms. The smallest absolute Gasteiger partial charge is 0.410 e. The molecule has 1 spiro atoms. The first-order chi connectivity index (χ1) is 10.8. The number of rotatable bonds is 2. The fourth-order valence-electron chi connectivity index (χ4n) is 3.61. The number of ether oxygens (including phenoxy) is 1. The SMILES string of the molecule is CC(C)(C)OC(=O)N1C/C(=C/C2=CCC3(CC2)CC3)C[C@H]1CO. The fourth-order valence-corrected chi connectivity index (χ4v) is 3.61. The maximum absolute atomic E-state index is 12.3. The van der Waals surface area contributed by atoms with E-state index in [1.807, 2.05) is 20.8 Å². The molecule has 0 aromatic rings. The van der Waals surface area contributed by atoms with E-state index in [0.717, 1.165) is 12.8 Å². The molecule has 0 aromatic heterocycles. The third kappa shape index (κ3) is 3.97. The van der Waals surface area contributed by atoms with Crippen LogP contribution in [-0.4, -0.2) is 40.9 Å². The second kappa shape index (κ2) is 5.97. The largest absolute Gasteiger partial charge is 0.444 e. The number of aliphatic hydroxyl groups excluding tert-OH is 1. The van der Waals surface area contributed by atoms with E-state index in [1.54, 1.807) is 4.90 Å².